The molecule has 240 valence electrons. The van der Waals surface area contributed by atoms with Crippen LogP contribution in [0.2, 0.25) is 0 Å². The van der Waals surface area contributed by atoms with Crippen molar-refractivity contribution < 1.29 is 53.5 Å². The van der Waals surface area contributed by atoms with Crippen molar-refractivity contribution in [1.29, 1.82) is 0 Å². The zero-order chi connectivity index (χ0) is 30.9. The largest absolute Gasteiger partial charge is 0.460 e. The first-order valence-corrected chi connectivity index (χ1v) is 17.5. The van der Waals surface area contributed by atoms with Crippen LogP contribution in [-0.4, -0.2) is 63.3 Å². The maximum atomic E-state index is 14.9. The molecule has 0 aromatic carbocycles. The Morgan fingerprint density at radius 2 is 1.10 bits per heavy atom. The SMILES string of the molecule is CN(S(=O)(=O)C(F)(F)C(=O)OCC1(C)CC2CCCC(C2)C1)S(=O)(=O)C(F)(F)C(=O)OCC12CC3CC(CC(C3)C1)C2. The molecule has 42 heavy (non-hydrogen) atoms. The lowest BCUT2D eigenvalue weighted by Crippen LogP contribution is -2.55. The van der Waals surface area contributed by atoms with Gasteiger partial charge < -0.3 is 9.47 Å². The van der Waals surface area contributed by atoms with E-state index in [2.05, 4.69) is 4.74 Å². The van der Waals surface area contributed by atoms with E-state index in [1.54, 1.807) is 6.92 Å². The van der Waals surface area contributed by atoms with Crippen LogP contribution in [0.15, 0.2) is 0 Å². The number of esters is 2. The third-order valence-corrected chi connectivity index (χ3v) is 14.6. The molecule has 0 amide bonds. The highest BCUT2D eigenvalue weighted by atomic mass is 32.3. The normalized spacial score (nSPS) is 36.6. The summed E-state index contributed by atoms with van der Waals surface area (Å²) in [5.41, 5.74) is -1.25. The summed E-state index contributed by atoms with van der Waals surface area (Å²) >= 11 is 0. The smallest absolute Gasteiger partial charge is 0.455 e. The van der Waals surface area contributed by atoms with Crippen LogP contribution in [0.3, 0.4) is 0 Å². The molecule has 0 spiro atoms. The predicted molar refractivity (Wildman–Crippen MR) is 141 cm³/mol. The van der Waals surface area contributed by atoms with E-state index in [-0.39, 0.29) is 7.05 Å². The van der Waals surface area contributed by atoms with Crippen molar-refractivity contribution in [2.75, 3.05) is 20.3 Å². The molecule has 6 saturated carbocycles. The van der Waals surface area contributed by atoms with Gasteiger partial charge in [-0.1, -0.05) is 29.9 Å². The Balaban J connectivity index is 1.23. The second-order valence-electron chi connectivity index (χ2n) is 14.1. The summed E-state index contributed by atoms with van der Waals surface area (Å²) in [6.45, 7) is 0.733. The van der Waals surface area contributed by atoms with Crippen molar-refractivity contribution in [3.05, 3.63) is 0 Å². The third kappa shape index (κ3) is 5.48. The molecule has 0 radical (unpaired) electrons. The van der Waals surface area contributed by atoms with Gasteiger partial charge in [0.25, 0.3) is 0 Å². The molecule has 0 aromatic rings. The third-order valence-electron chi connectivity index (χ3n) is 10.5. The molecule has 2 atom stereocenters. The standard InChI is InChI=1S/C27H39F4NO8S2/c1-24(10-17-4-3-5-18(6-17)11-24)15-39-22(33)26(28,29)41(35,36)32(2)42(37,38)27(30,31)23(34)40-16-25-12-19-7-20(13-25)9-21(8-19)14-25/h17-21H,3-16H2,1-2H3. The Hall–Kier alpha value is -1.48. The maximum Gasteiger partial charge on any atom is 0.455 e. The lowest BCUT2D eigenvalue weighted by Gasteiger charge is -2.56. The molecule has 0 saturated heterocycles. The summed E-state index contributed by atoms with van der Waals surface area (Å²) in [7, 11) is -13.3. The Kier molecular flexibility index (Phi) is 8.03. The molecule has 6 bridgehead atoms. The molecule has 0 aliphatic heterocycles. The highest BCUT2D eigenvalue weighted by molar-refractivity contribution is 8.05. The fourth-order valence-electron chi connectivity index (χ4n) is 9.12. The molecule has 9 nitrogen and oxygen atoms in total. The van der Waals surface area contributed by atoms with E-state index in [0.29, 0.717) is 61.7 Å². The van der Waals surface area contributed by atoms with Gasteiger partial charge in [-0.05, 0) is 87.4 Å². The average Bonchev–Trinajstić information content (AvgIpc) is 2.88. The highest BCUT2D eigenvalue weighted by Crippen LogP contribution is 2.60. The highest BCUT2D eigenvalue weighted by Gasteiger charge is 2.66. The van der Waals surface area contributed by atoms with E-state index < -0.39 is 70.2 Å². The van der Waals surface area contributed by atoms with Gasteiger partial charge in [0, 0.05) is 17.9 Å². The first kappa shape index (κ1) is 31.9. The lowest BCUT2D eigenvalue weighted by molar-refractivity contribution is -0.171. The number of fused-ring (bicyclic) bond motifs is 2. The average molecular weight is 646 g/mol. The number of carbonyl (C=O) groups excluding carboxylic acids is 2. The summed E-state index contributed by atoms with van der Waals surface area (Å²) in [5, 5.41) is -11.0. The van der Waals surface area contributed by atoms with E-state index in [1.807, 2.05) is 0 Å². The first-order valence-electron chi connectivity index (χ1n) is 14.6. The number of hydrogen-bond donors (Lipinski definition) is 0. The summed E-state index contributed by atoms with van der Waals surface area (Å²) in [5.74, 6) is -3.36. The van der Waals surface area contributed by atoms with E-state index in [9.17, 15) is 44.0 Å². The van der Waals surface area contributed by atoms with Gasteiger partial charge in [0.1, 0.15) is 0 Å². The Morgan fingerprint density at radius 3 is 1.52 bits per heavy atom. The number of hydrogen-bond acceptors (Lipinski definition) is 8. The second-order valence-corrected chi connectivity index (χ2v) is 18.4. The van der Waals surface area contributed by atoms with E-state index >= 15 is 0 Å². The first-order chi connectivity index (χ1) is 19.3. The van der Waals surface area contributed by atoms with Crippen LogP contribution in [0, 0.1) is 40.4 Å². The number of halogens is 4. The molecule has 2 unspecified atom stereocenters. The van der Waals surface area contributed by atoms with Crippen molar-refractivity contribution >= 4 is 32.0 Å². The molecule has 0 aromatic heterocycles. The van der Waals surface area contributed by atoms with Gasteiger partial charge >= 0.3 is 42.5 Å². The minimum Gasteiger partial charge on any atom is -0.460 e. The number of carbonyl (C=O) groups is 2. The molecular weight excluding hydrogens is 606 g/mol. The van der Waals surface area contributed by atoms with Gasteiger partial charge in [-0.2, -0.15) is 17.6 Å². The van der Waals surface area contributed by atoms with Crippen molar-refractivity contribution in [3.63, 3.8) is 0 Å². The number of sulfonamides is 2. The monoisotopic (exact) mass is 645 g/mol. The molecule has 0 heterocycles. The van der Waals surface area contributed by atoms with Gasteiger partial charge in [-0.15, -0.1) is 0 Å². The Labute approximate surface area is 244 Å². The summed E-state index contributed by atoms with van der Waals surface area (Å²) in [6, 6.07) is 0. The fourth-order valence-corrected chi connectivity index (χ4v) is 11.9. The molecule has 6 aliphatic rings. The predicted octanol–water partition coefficient (Wildman–Crippen LogP) is 4.67. The number of nitrogens with zero attached hydrogens (tertiary/aromatic N) is 1. The quantitative estimate of drug-likeness (QED) is 0.248. The fraction of sp³-hybridized carbons (Fsp3) is 0.926. The molecule has 15 heteroatoms. The van der Waals surface area contributed by atoms with Gasteiger partial charge in [0.05, 0.1) is 13.2 Å². The van der Waals surface area contributed by atoms with Crippen LogP contribution >= 0.6 is 0 Å². The van der Waals surface area contributed by atoms with E-state index in [1.165, 1.54) is 0 Å². The Morgan fingerprint density at radius 1 is 0.714 bits per heavy atom. The minimum absolute atomic E-state index is 0.0736. The van der Waals surface area contributed by atoms with Crippen LogP contribution in [0.1, 0.15) is 84.0 Å². The van der Waals surface area contributed by atoms with Gasteiger partial charge in [-0.3, -0.25) is 0 Å². The molecule has 6 rings (SSSR count). The minimum atomic E-state index is -6.60. The number of ether oxygens (including phenoxy) is 2. The lowest BCUT2D eigenvalue weighted by atomic mass is 9.50. The van der Waals surface area contributed by atoms with Crippen LogP contribution in [0.4, 0.5) is 17.6 Å². The zero-order valence-electron chi connectivity index (χ0n) is 23.8. The molecule has 0 N–H and O–H groups in total. The van der Waals surface area contributed by atoms with Crippen molar-refractivity contribution in [3.8, 4) is 0 Å². The molecule has 6 fully saturated rings. The Bertz CT molecular complexity index is 1270. The van der Waals surface area contributed by atoms with Gasteiger partial charge in [0.15, 0.2) is 0 Å². The van der Waals surface area contributed by atoms with Gasteiger partial charge in [-0.25, -0.2) is 26.4 Å². The van der Waals surface area contributed by atoms with Crippen molar-refractivity contribution in [2.24, 2.45) is 40.4 Å². The van der Waals surface area contributed by atoms with Crippen molar-refractivity contribution in [1.82, 2.24) is 3.71 Å². The maximum absolute atomic E-state index is 14.9. The van der Waals surface area contributed by atoms with Gasteiger partial charge in [0.2, 0.25) is 0 Å². The summed E-state index contributed by atoms with van der Waals surface area (Å²) in [6.07, 6.45) is 10.1. The molecular formula is C27H39F4NO8S2. The van der Waals surface area contributed by atoms with Crippen LogP contribution in [-0.2, 0) is 39.1 Å². The number of rotatable bonds is 10. The second kappa shape index (κ2) is 10.6. The number of alkyl halides is 4. The van der Waals surface area contributed by atoms with Crippen LogP contribution < -0.4 is 0 Å². The molecule has 6 aliphatic carbocycles. The summed E-state index contributed by atoms with van der Waals surface area (Å²) < 4.78 is 118. The van der Waals surface area contributed by atoms with Crippen molar-refractivity contribution in [2.45, 2.75) is 94.5 Å². The van der Waals surface area contributed by atoms with Crippen LogP contribution in [0.25, 0.3) is 0 Å². The van der Waals surface area contributed by atoms with Crippen LogP contribution in [0.5, 0.6) is 0 Å². The van der Waals surface area contributed by atoms with E-state index in [0.717, 1.165) is 44.9 Å². The summed E-state index contributed by atoms with van der Waals surface area (Å²) in [4.78, 5) is 24.7. The topological polar surface area (TPSA) is 124 Å². The zero-order valence-corrected chi connectivity index (χ0v) is 25.5. The van der Waals surface area contributed by atoms with E-state index in [4.69, 9.17) is 4.74 Å².